The van der Waals surface area contributed by atoms with Crippen LogP contribution < -0.4 is 0 Å². The van der Waals surface area contributed by atoms with Gasteiger partial charge in [0.1, 0.15) is 5.78 Å². The van der Waals surface area contributed by atoms with Crippen LogP contribution in [0.25, 0.3) is 0 Å². The monoisotopic (exact) mass is 232 g/mol. The van der Waals surface area contributed by atoms with Crippen LogP contribution >= 0.6 is 0 Å². The van der Waals surface area contributed by atoms with Crippen LogP contribution in [0.1, 0.15) is 37.6 Å². The van der Waals surface area contributed by atoms with Crippen LogP contribution in [0, 0.1) is 17.8 Å². The number of Topliss-reactive ketones (excluding diaryl/α,β-unsaturated/α-hetero) is 1. The lowest BCUT2D eigenvalue weighted by Crippen LogP contribution is -2.11. The third-order valence-electron chi connectivity index (χ3n) is 4.52. The minimum atomic E-state index is 0.392. The molecule has 0 radical (unpaired) electrons. The van der Waals surface area contributed by atoms with Gasteiger partial charge >= 0.3 is 0 Å². The van der Waals surface area contributed by atoms with E-state index >= 15 is 0 Å². The molecule has 2 aliphatic carbocycles. The molecule has 0 N–H and O–H groups in total. The summed E-state index contributed by atoms with van der Waals surface area (Å²) in [5, 5.41) is 4.40. The first-order valence-corrected chi connectivity index (χ1v) is 6.75. The van der Waals surface area contributed by atoms with E-state index in [-0.39, 0.29) is 0 Å². The summed E-state index contributed by atoms with van der Waals surface area (Å²) in [6.07, 6.45) is 5.43. The molecule has 1 aromatic heterocycles. The molecule has 2 fully saturated rings. The first-order chi connectivity index (χ1) is 8.20. The highest BCUT2D eigenvalue weighted by molar-refractivity contribution is 5.86. The Morgan fingerprint density at radius 3 is 2.76 bits per heavy atom. The molecule has 0 bridgehead atoms. The van der Waals surface area contributed by atoms with E-state index in [4.69, 9.17) is 0 Å². The molecular formula is C14H20N2O. The Morgan fingerprint density at radius 1 is 1.47 bits per heavy atom. The van der Waals surface area contributed by atoms with Crippen molar-refractivity contribution >= 4 is 5.78 Å². The molecule has 0 amide bonds. The molecule has 2 saturated carbocycles. The zero-order chi connectivity index (χ0) is 12.0. The third kappa shape index (κ3) is 1.81. The molecule has 2 atom stereocenters. The van der Waals surface area contributed by atoms with Gasteiger partial charge in [-0.15, -0.1) is 0 Å². The molecule has 3 nitrogen and oxygen atoms in total. The van der Waals surface area contributed by atoms with Crippen LogP contribution in [0.4, 0.5) is 0 Å². The second-order valence-corrected chi connectivity index (χ2v) is 5.53. The van der Waals surface area contributed by atoms with Crippen LogP contribution in [0.3, 0.4) is 0 Å². The van der Waals surface area contributed by atoms with E-state index in [0.717, 1.165) is 29.6 Å². The molecule has 3 rings (SSSR count). The van der Waals surface area contributed by atoms with Crippen LogP contribution in [0.2, 0.25) is 0 Å². The highest BCUT2D eigenvalue weighted by Crippen LogP contribution is 2.58. The molecule has 17 heavy (non-hydrogen) atoms. The highest BCUT2D eigenvalue weighted by atomic mass is 16.1. The Balaban J connectivity index is 1.66. The molecule has 1 aromatic rings. The topological polar surface area (TPSA) is 34.9 Å². The van der Waals surface area contributed by atoms with Crippen LogP contribution in [-0.4, -0.2) is 15.6 Å². The second kappa shape index (κ2) is 3.97. The Kier molecular flexibility index (Phi) is 2.57. The Hall–Kier alpha value is -1.12. The largest absolute Gasteiger partial charge is 0.299 e. The number of hydrogen-bond donors (Lipinski definition) is 0. The summed E-state index contributed by atoms with van der Waals surface area (Å²) in [6, 6.07) is 2.08. The van der Waals surface area contributed by atoms with E-state index in [1.807, 2.05) is 11.7 Å². The average molecular weight is 232 g/mol. The fraction of sp³-hybridized carbons (Fsp3) is 0.714. The molecule has 0 saturated heterocycles. The number of carbonyl (C=O) groups excluding carboxylic acids is 1. The highest BCUT2D eigenvalue weighted by Gasteiger charge is 2.55. The minimum Gasteiger partial charge on any atom is -0.299 e. The Morgan fingerprint density at radius 2 is 2.18 bits per heavy atom. The number of aromatic nitrogens is 2. The summed E-state index contributed by atoms with van der Waals surface area (Å²) >= 11 is 0. The summed E-state index contributed by atoms with van der Waals surface area (Å²) in [7, 11) is 1.94. The van der Waals surface area contributed by atoms with Crippen molar-refractivity contribution in [1.82, 2.24) is 9.78 Å². The molecule has 1 heterocycles. The van der Waals surface area contributed by atoms with Crippen LogP contribution in [0.15, 0.2) is 6.07 Å². The van der Waals surface area contributed by atoms with E-state index in [0.29, 0.717) is 18.1 Å². The van der Waals surface area contributed by atoms with Crippen molar-refractivity contribution in [2.24, 2.45) is 24.8 Å². The lowest BCUT2D eigenvalue weighted by Gasteiger charge is -2.03. The van der Waals surface area contributed by atoms with Crippen LogP contribution in [0.5, 0.6) is 0 Å². The normalized spacial score (nSPS) is 30.4. The van der Waals surface area contributed by atoms with Gasteiger partial charge < -0.3 is 0 Å². The molecule has 0 spiro atoms. The zero-order valence-corrected chi connectivity index (χ0v) is 10.6. The van der Waals surface area contributed by atoms with E-state index < -0.39 is 0 Å². The molecule has 2 aliphatic rings. The van der Waals surface area contributed by atoms with Gasteiger partial charge in [-0.05, 0) is 37.2 Å². The summed E-state index contributed by atoms with van der Waals surface area (Å²) in [6.45, 7) is 2.10. The van der Waals surface area contributed by atoms with Gasteiger partial charge in [-0.2, -0.15) is 5.10 Å². The quantitative estimate of drug-likeness (QED) is 0.797. The number of ketones is 1. The maximum absolute atomic E-state index is 12.2. The van der Waals surface area contributed by atoms with Crippen molar-refractivity contribution in [2.45, 2.75) is 39.0 Å². The number of rotatable bonds is 4. The molecule has 0 aromatic carbocycles. The van der Waals surface area contributed by atoms with Gasteiger partial charge in [0.15, 0.2) is 0 Å². The van der Waals surface area contributed by atoms with Gasteiger partial charge in [0.25, 0.3) is 0 Å². The minimum absolute atomic E-state index is 0.392. The van der Waals surface area contributed by atoms with Crippen molar-refractivity contribution in [1.29, 1.82) is 0 Å². The first kappa shape index (κ1) is 11.0. The SMILES string of the molecule is CCc1cc(CC(=O)C2C3CCCC32)n(C)n1. The van der Waals surface area contributed by atoms with Gasteiger partial charge in [0.2, 0.25) is 0 Å². The van der Waals surface area contributed by atoms with Crippen molar-refractivity contribution in [2.75, 3.05) is 0 Å². The third-order valence-corrected chi connectivity index (χ3v) is 4.52. The van der Waals surface area contributed by atoms with Gasteiger partial charge in [0, 0.05) is 25.1 Å². The maximum atomic E-state index is 12.2. The van der Waals surface area contributed by atoms with Crippen molar-refractivity contribution in [3.8, 4) is 0 Å². The zero-order valence-electron chi connectivity index (χ0n) is 10.6. The summed E-state index contributed by atoms with van der Waals surface area (Å²) in [5.74, 6) is 2.32. The van der Waals surface area contributed by atoms with E-state index in [2.05, 4.69) is 18.1 Å². The predicted molar refractivity (Wildman–Crippen MR) is 65.6 cm³/mol. The van der Waals surface area contributed by atoms with Gasteiger partial charge in [0.05, 0.1) is 5.69 Å². The van der Waals surface area contributed by atoms with Crippen molar-refractivity contribution in [3.63, 3.8) is 0 Å². The average Bonchev–Trinajstić information content (AvgIpc) is 2.67. The molecule has 2 unspecified atom stereocenters. The molecular weight excluding hydrogens is 212 g/mol. The summed E-state index contributed by atoms with van der Waals surface area (Å²) in [4.78, 5) is 12.2. The predicted octanol–water partition coefficient (Wildman–Crippen LogP) is 2.14. The Labute approximate surface area is 102 Å². The van der Waals surface area contributed by atoms with Crippen molar-refractivity contribution < 1.29 is 4.79 Å². The number of fused-ring (bicyclic) bond motifs is 1. The van der Waals surface area contributed by atoms with E-state index in [9.17, 15) is 4.79 Å². The summed E-state index contributed by atoms with van der Waals surface area (Å²) < 4.78 is 1.87. The number of nitrogens with zero attached hydrogens (tertiary/aromatic N) is 2. The van der Waals surface area contributed by atoms with Gasteiger partial charge in [-0.1, -0.05) is 13.3 Å². The lowest BCUT2D eigenvalue weighted by atomic mass is 10.0. The lowest BCUT2D eigenvalue weighted by molar-refractivity contribution is -0.120. The van der Waals surface area contributed by atoms with Gasteiger partial charge in [-0.3, -0.25) is 9.48 Å². The number of aryl methyl sites for hydroxylation is 2. The summed E-state index contributed by atoms with van der Waals surface area (Å²) in [5.41, 5.74) is 2.17. The smallest absolute Gasteiger partial charge is 0.142 e. The maximum Gasteiger partial charge on any atom is 0.142 e. The fourth-order valence-electron chi connectivity index (χ4n) is 3.51. The Bertz CT molecular complexity index is 439. The fourth-order valence-corrected chi connectivity index (χ4v) is 3.51. The van der Waals surface area contributed by atoms with Crippen LogP contribution in [-0.2, 0) is 24.7 Å². The van der Waals surface area contributed by atoms with E-state index in [1.54, 1.807) is 0 Å². The number of hydrogen-bond acceptors (Lipinski definition) is 2. The standard InChI is InChI=1S/C14H20N2O/c1-3-9-7-10(16(2)15-9)8-13(17)14-11-5-4-6-12(11)14/h7,11-12,14H,3-6,8H2,1-2H3. The number of carbonyl (C=O) groups is 1. The van der Waals surface area contributed by atoms with Crippen molar-refractivity contribution in [3.05, 3.63) is 17.5 Å². The molecule has 0 aliphatic heterocycles. The van der Waals surface area contributed by atoms with Gasteiger partial charge in [-0.25, -0.2) is 0 Å². The second-order valence-electron chi connectivity index (χ2n) is 5.53. The van der Waals surface area contributed by atoms with E-state index in [1.165, 1.54) is 19.3 Å². The first-order valence-electron chi connectivity index (χ1n) is 6.75. The molecule has 92 valence electrons. The molecule has 3 heteroatoms.